The number of fused-ring (bicyclic) bond motifs is 2. The molecule has 3 heterocycles. The van der Waals surface area contributed by atoms with Crippen LogP contribution >= 0.6 is 27.3 Å². The zero-order chi connectivity index (χ0) is 30.1. The monoisotopic (exact) mass is 655 g/mol. The minimum atomic E-state index is -0.737. The molecule has 0 radical (unpaired) electrons. The van der Waals surface area contributed by atoms with E-state index < -0.39 is 12.0 Å². The first kappa shape index (κ1) is 28.9. The smallest absolute Gasteiger partial charge is 0.338 e. The van der Waals surface area contributed by atoms with Crippen molar-refractivity contribution in [1.82, 2.24) is 9.13 Å². The Bertz CT molecular complexity index is 2050. The van der Waals surface area contributed by atoms with Gasteiger partial charge in [0.05, 0.1) is 29.0 Å². The minimum Gasteiger partial charge on any atom is -0.494 e. The molecular weight excluding hydrogens is 626 g/mol. The second-order valence-corrected chi connectivity index (χ2v) is 12.1. The molecule has 0 N–H and O–H groups in total. The first-order valence-electron chi connectivity index (χ1n) is 14.1. The highest BCUT2D eigenvalue weighted by atomic mass is 79.9. The van der Waals surface area contributed by atoms with Crippen molar-refractivity contribution in [2.45, 2.75) is 33.4 Å². The van der Waals surface area contributed by atoms with Gasteiger partial charge in [-0.2, -0.15) is 0 Å². The summed E-state index contributed by atoms with van der Waals surface area (Å²) in [5, 5.41) is 1.05. The molecule has 0 spiro atoms. The van der Waals surface area contributed by atoms with Gasteiger partial charge in [-0.25, -0.2) is 9.79 Å². The number of benzene rings is 3. The molecule has 0 saturated heterocycles. The fourth-order valence-corrected chi connectivity index (χ4v) is 6.83. The van der Waals surface area contributed by atoms with Crippen LogP contribution in [-0.4, -0.2) is 28.3 Å². The van der Waals surface area contributed by atoms with Gasteiger partial charge >= 0.3 is 5.97 Å². The van der Waals surface area contributed by atoms with Crippen LogP contribution in [0.3, 0.4) is 0 Å². The number of hydrogen-bond donors (Lipinski definition) is 0. The van der Waals surface area contributed by atoms with Gasteiger partial charge in [0.25, 0.3) is 5.56 Å². The van der Waals surface area contributed by atoms with Gasteiger partial charge in [-0.15, -0.1) is 0 Å². The molecule has 1 atom stereocenters. The molecule has 0 aliphatic carbocycles. The Labute approximate surface area is 261 Å². The number of esters is 1. The first-order chi connectivity index (χ1) is 20.9. The third-order valence-electron chi connectivity index (χ3n) is 7.40. The van der Waals surface area contributed by atoms with Crippen LogP contribution in [-0.2, 0) is 16.1 Å². The zero-order valence-corrected chi connectivity index (χ0v) is 26.4. The largest absolute Gasteiger partial charge is 0.494 e. The highest BCUT2D eigenvalue weighted by Gasteiger charge is 2.35. The maximum Gasteiger partial charge on any atom is 0.338 e. The lowest BCUT2D eigenvalue weighted by Gasteiger charge is -2.26. The standard InChI is InChI=1S/C34H30BrN3O4S/c1-4-41-28-13-9-7-11-26(28)31-30(33(40)42-5-2)21(3)36-34-38(31)32(39)29(43-34)18-23-20-37(27-12-8-6-10-25(23)27)19-22-14-16-24(35)17-15-22/h6-18,20,31H,4-5,19H2,1-3H3/b29-18-/t31-/m0/s1. The lowest BCUT2D eigenvalue weighted by atomic mass is 9.95. The number of halogens is 1. The van der Waals surface area contributed by atoms with Crippen LogP contribution in [0.5, 0.6) is 5.75 Å². The van der Waals surface area contributed by atoms with Crippen molar-refractivity contribution < 1.29 is 14.3 Å². The van der Waals surface area contributed by atoms with Gasteiger partial charge < -0.3 is 14.0 Å². The van der Waals surface area contributed by atoms with Crippen molar-refractivity contribution in [3.8, 4) is 5.75 Å². The molecule has 1 aliphatic rings. The summed E-state index contributed by atoms with van der Waals surface area (Å²) in [4.78, 5) is 32.8. The van der Waals surface area contributed by atoms with E-state index in [4.69, 9.17) is 14.5 Å². The van der Waals surface area contributed by atoms with Gasteiger partial charge in [0.15, 0.2) is 4.80 Å². The molecular formula is C34H30BrN3O4S. The van der Waals surface area contributed by atoms with E-state index in [0.29, 0.717) is 45.1 Å². The third kappa shape index (κ3) is 5.50. The number of thiazole rings is 1. The predicted molar refractivity (Wildman–Crippen MR) is 173 cm³/mol. The van der Waals surface area contributed by atoms with Crippen molar-refractivity contribution in [3.63, 3.8) is 0 Å². The molecule has 0 unspecified atom stereocenters. The lowest BCUT2D eigenvalue weighted by Crippen LogP contribution is -2.40. The summed E-state index contributed by atoms with van der Waals surface area (Å²) in [5.74, 6) is 0.113. The maximum atomic E-state index is 14.2. The van der Waals surface area contributed by atoms with Crippen molar-refractivity contribution in [3.05, 3.63) is 131 Å². The average Bonchev–Trinajstić information content (AvgIpc) is 3.50. The molecule has 6 rings (SSSR count). The molecule has 0 saturated carbocycles. The Hall–Kier alpha value is -4.21. The van der Waals surface area contributed by atoms with Crippen molar-refractivity contribution in [2.24, 2.45) is 4.99 Å². The molecule has 0 amide bonds. The van der Waals surface area contributed by atoms with Crippen LogP contribution in [0.15, 0.2) is 105 Å². The Balaban J connectivity index is 1.52. The Morgan fingerprint density at radius 3 is 2.53 bits per heavy atom. The van der Waals surface area contributed by atoms with Crippen LogP contribution in [0.2, 0.25) is 0 Å². The highest BCUT2D eigenvalue weighted by Crippen LogP contribution is 2.36. The van der Waals surface area contributed by atoms with Crippen LogP contribution in [0.25, 0.3) is 17.0 Å². The maximum absolute atomic E-state index is 14.2. The molecule has 0 bridgehead atoms. The quantitative estimate of drug-likeness (QED) is 0.193. The van der Waals surface area contributed by atoms with E-state index in [0.717, 1.165) is 20.9 Å². The van der Waals surface area contributed by atoms with Crippen molar-refractivity contribution in [1.29, 1.82) is 0 Å². The number of allylic oxidation sites excluding steroid dienone is 1. The van der Waals surface area contributed by atoms with Crippen LogP contribution in [0, 0.1) is 0 Å². The summed E-state index contributed by atoms with van der Waals surface area (Å²) in [5.41, 5.74) is 4.52. The molecule has 9 heteroatoms. The SMILES string of the molecule is CCOC(=O)C1=C(C)N=c2s/c(=C\c3cn(Cc4ccc(Br)cc4)c4ccccc34)c(=O)n2[C@H]1c1ccccc1OCC. The van der Waals surface area contributed by atoms with Gasteiger partial charge in [-0.3, -0.25) is 9.36 Å². The second-order valence-electron chi connectivity index (χ2n) is 10.1. The number of ether oxygens (including phenoxy) is 2. The minimum absolute atomic E-state index is 0.212. The predicted octanol–water partition coefficient (Wildman–Crippen LogP) is 5.96. The van der Waals surface area contributed by atoms with E-state index in [9.17, 15) is 9.59 Å². The van der Waals surface area contributed by atoms with E-state index in [2.05, 4.69) is 51.0 Å². The second kappa shape index (κ2) is 12.2. The molecule has 5 aromatic rings. The van der Waals surface area contributed by atoms with Crippen LogP contribution in [0.4, 0.5) is 0 Å². The number of hydrogen-bond acceptors (Lipinski definition) is 6. The number of nitrogens with zero attached hydrogens (tertiary/aromatic N) is 3. The van der Waals surface area contributed by atoms with E-state index >= 15 is 0 Å². The number of rotatable bonds is 8. The van der Waals surface area contributed by atoms with Crippen molar-refractivity contribution >= 4 is 50.2 Å². The third-order valence-corrected chi connectivity index (χ3v) is 8.91. The number of carbonyl (C=O) groups is 1. The van der Waals surface area contributed by atoms with Gasteiger partial charge in [0.2, 0.25) is 0 Å². The fraction of sp³-hybridized carbons (Fsp3) is 0.206. The van der Waals surface area contributed by atoms with E-state index in [-0.39, 0.29) is 12.2 Å². The summed E-state index contributed by atoms with van der Waals surface area (Å²) in [6.07, 6.45) is 4.02. The number of carbonyl (C=O) groups excluding carboxylic acids is 1. The number of aromatic nitrogens is 2. The Morgan fingerprint density at radius 1 is 1.02 bits per heavy atom. The van der Waals surface area contributed by atoms with Gasteiger partial charge in [0.1, 0.15) is 11.8 Å². The molecule has 2 aromatic heterocycles. The molecule has 3 aromatic carbocycles. The molecule has 43 heavy (non-hydrogen) atoms. The van der Waals surface area contributed by atoms with Gasteiger partial charge in [-0.05, 0) is 56.7 Å². The molecule has 7 nitrogen and oxygen atoms in total. The topological polar surface area (TPSA) is 74.8 Å². The van der Waals surface area contributed by atoms with E-state index in [1.54, 1.807) is 18.4 Å². The Kier molecular flexibility index (Phi) is 8.19. The fourth-order valence-electron chi connectivity index (χ4n) is 5.53. The first-order valence-corrected chi connectivity index (χ1v) is 15.7. The number of para-hydroxylation sites is 2. The summed E-state index contributed by atoms with van der Waals surface area (Å²) in [7, 11) is 0. The van der Waals surface area contributed by atoms with Gasteiger partial charge in [0, 0.05) is 39.2 Å². The van der Waals surface area contributed by atoms with Crippen molar-refractivity contribution in [2.75, 3.05) is 13.2 Å². The highest BCUT2D eigenvalue weighted by molar-refractivity contribution is 9.10. The summed E-state index contributed by atoms with van der Waals surface area (Å²) >= 11 is 4.83. The summed E-state index contributed by atoms with van der Waals surface area (Å²) in [6.45, 7) is 6.81. The zero-order valence-electron chi connectivity index (χ0n) is 24.0. The lowest BCUT2D eigenvalue weighted by molar-refractivity contribution is -0.139. The normalized spacial score (nSPS) is 15.0. The summed E-state index contributed by atoms with van der Waals surface area (Å²) in [6, 6.07) is 23.2. The molecule has 1 aliphatic heterocycles. The average molecular weight is 657 g/mol. The van der Waals surface area contributed by atoms with Crippen LogP contribution in [0.1, 0.15) is 43.5 Å². The molecule has 0 fully saturated rings. The van der Waals surface area contributed by atoms with E-state index in [1.807, 2.05) is 61.5 Å². The molecule has 218 valence electrons. The van der Waals surface area contributed by atoms with Crippen LogP contribution < -0.4 is 19.6 Å². The summed E-state index contributed by atoms with van der Waals surface area (Å²) < 4.78 is 16.8. The van der Waals surface area contributed by atoms with E-state index in [1.165, 1.54) is 16.9 Å². The Morgan fingerprint density at radius 2 is 1.77 bits per heavy atom. The van der Waals surface area contributed by atoms with Gasteiger partial charge in [-0.1, -0.05) is 75.8 Å².